The van der Waals surface area contributed by atoms with E-state index in [1.54, 1.807) is 0 Å². The van der Waals surface area contributed by atoms with Crippen LogP contribution in [0.2, 0.25) is 58.9 Å². The van der Waals surface area contributed by atoms with E-state index in [4.69, 9.17) is 3.67 Å². The zero-order valence-corrected chi connectivity index (χ0v) is 17.9. The topological polar surface area (TPSA) is 17.1 Å². The Hall–Kier alpha value is 1.04. The van der Waals surface area contributed by atoms with Crippen LogP contribution in [0.15, 0.2) is 0 Å². The van der Waals surface area contributed by atoms with Gasteiger partial charge in [-0.1, -0.05) is 58.9 Å². The molecule has 0 heterocycles. The van der Waals surface area contributed by atoms with Crippen LogP contribution in [0.5, 0.6) is 0 Å². The van der Waals surface area contributed by atoms with Crippen LogP contribution >= 0.6 is 0 Å². The summed E-state index contributed by atoms with van der Waals surface area (Å²) in [6, 6.07) is 0. The Balaban J connectivity index is -0.0000000693. The summed E-state index contributed by atoms with van der Waals surface area (Å²) in [7, 11) is -2.58. The number of hydrogen-bond donors (Lipinski definition) is 0. The Morgan fingerprint density at radius 2 is 0.529 bits per heavy atom. The van der Waals surface area contributed by atoms with Crippen molar-refractivity contribution in [2.75, 3.05) is 0 Å². The van der Waals surface area contributed by atoms with Gasteiger partial charge in [0.05, 0.1) is 0 Å². The zero-order chi connectivity index (χ0) is 15.5. The molecule has 107 valence electrons. The van der Waals surface area contributed by atoms with Gasteiger partial charge in [-0.3, -0.25) is 0 Å². The van der Waals surface area contributed by atoms with Crippen molar-refractivity contribution in [2.45, 2.75) is 58.9 Å². The molecule has 0 aliphatic carbocycles. The molecule has 17 heavy (non-hydrogen) atoms. The second-order valence-corrected chi connectivity index (χ2v) is 23.0. The van der Waals surface area contributed by atoms with Crippen molar-refractivity contribution in [3.8, 4) is 0 Å². The first-order valence-electron chi connectivity index (χ1n) is 5.74. The van der Waals surface area contributed by atoms with Crippen molar-refractivity contribution in [3.05, 3.63) is 19.6 Å². The molecule has 5 heteroatoms. The summed E-state index contributed by atoms with van der Waals surface area (Å²) in [5.41, 5.74) is 0. The van der Waals surface area contributed by atoms with Crippen LogP contribution in [0.1, 0.15) is 0 Å². The quantitative estimate of drug-likeness (QED) is 0.453. The molecule has 0 radical (unpaired) electrons. The fraction of sp³-hybridized carbons (Fsp3) is 0.750. The predicted octanol–water partition coefficient (Wildman–Crippen LogP) is 4.97. The minimum absolute atomic E-state index is 0.861. The fourth-order valence-corrected chi connectivity index (χ4v) is 0. The molecule has 0 saturated carbocycles. The Morgan fingerprint density at radius 1 is 0.529 bits per heavy atom. The molecule has 0 fully saturated rings. The Kier molecular flexibility index (Phi) is 18.9. The average Bonchev–Trinajstić information content (AvgIpc) is 1.77. The van der Waals surface area contributed by atoms with Gasteiger partial charge in [0.1, 0.15) is 0 Å². The van der Waals surface area contributed by atoms with Crippen LogP contribution in [-0.2, 0) is 21.0 Å². The van der Waals surface area contributed by atoms with Crippen molar-refractivity contribution in [2.24, 2.45) is 0 Å². The summed E-state index contributed by atoms with van der Waals surface area (Å²) >= 11 is 1.06. The van der Waals surface area contributed by atoms with Crippen LogP contribution in [0.4, 0.5) is 0 Å². The third-order valence-electron chi connectivity index (χ3n) is 0. The molecule has 0 aromatic heterocycles. The van der Waals surface area contributed by atoms with E-state index >= 15 is 0 Å². The third kappa shape index (κ3) is 3590. The van der Waals surface area contributed by atoms with Crippen molar-refractivity contribution in [3.63, 3.8) is 0 Å². The first kappa shape index (κ1) is 26.6. The number of rotatable bonds is 0. The summed E-state index contributed by atoms with van der Waals surface area (Å²) in [4.78, 5) is 0. The molecule has 0 spiro atoms. The summed E-state index contributed by atoms with van der Waals surface area (Å²) in [5.74, 6) is 0. The van der Waals surface area contributed by atoms with Crippen LogP contribution in [0.25, 0.3) is 0 Å². The fourth-order valence-electron chi connectivity index (χ4n) is 0. The van der Waals surface area contributed by atoms with E-state index in [1.807, 2.05) is 0 Å². The van der Waals surface area contributed by atoms with Crippen LogP contribution in [-0.4, -0.2) is 24.2 Å². The van der Waals surface area contributed by atoms with Crippen molar-refractivity contribution in [1.82, 2.24) is 0 Å². The van der Waals surface area contributed by atoms with Gasteiger partial charge < -0.3 is 19.6 Å². The summed E-state index contributed by atoms with van der Waals surface area (Å²) in [6.07, 6.45) is 0. The van der Waals surface area contributed by atoms with Crippen LogP contribution in [0.3, 0.4) is 0 Å². The second-order valence-electron chi connectivity index (χ2n) is 7.68. The Bertz CT molecular complexity index is 108. The second kappa shape index (κ2) is 12.1. The van der Waals surface area contributed by atoms with E-state index in [0.717, 1.165) is 17.4 Å². The average molecular weight is 329 g/mol. The van der Waals surface area contributed by atoms with Gasteiger partial charge in [0.25, 0.3) is 0 Å². The van der Waals surface area contributed by atoms with E-state index in [9.17, 15) is 0 Å². The Morgan fingerprint density at radius 3 is 0.529 bits per heavy atom. The zero-order valence-electron chi connectivity index (χ0n) is 13.5. The standard InChI is InChI=1S/3C4H11Si.O.V/c3*1-5(2,3)4;;/h3*1H2,2-4H3;;/q3*-1;;. The summed E-state index contributed by atoms with van der Waals surface area (Å²) < 4.78 is 8.19. The van der Waals surface area contributed by atoms with E-state index in [0.29, 0.717) is 0 Å². The van der Waals surface area contributed by atoms with Gasteiger partial charge >= 0.3 is 21.0 Å². The van der Waals surface area contributed by atoms with Gasteiger partial charge in [-0.15, -0.1) is 24.2 Å². The molecule has 0 unspecified atom stereocenters. The SMILES string of the molecule is [CH2-][Si](C)(C)C.[CH2-][Si](C)(C)C.[CH2-][Si](C)(C)C.[O]=[V]. The molecule has 0 saturated heterocycles. The number of hydrogen-bond acceptors (Lipinski definition) is 1. The normalized spacial score (nSPS) is 10.8. The van der Waals surface area contributed by atoms with Crippen LogP contribution in [0, 0.1) is 19.6 Å². The van der Waals surface area contributed by atoms with E-state index in [1.165, 1.54) is 0 Å². The van der Waals surface area contributed by atoms with E-state index in [2.05, 4.69) is 78.6 Å². The molecule has 0 aliphatic rings. The van der Waals surface area contributed by atoms with Crippen molar-refractivity contribution < 1.29 is 21.0 Å². The van der Waals surface area contributed by atoms with Gasteiger partial charge in [-0.25, -0.2) is 0 Å². The first-order valence-corrected chi connectivity index (χ1v) is 17.4. The molecule has 0 amide bonds. The molecule has 1 nitrogen and oxygen atoms in total. The molecule has 0 N–H and O–H groups in total. The molecule has 0 aromatic rings. The maximum atomic E-state index is 8.19. The first-order chi connectivity index (χ1) is 7.00. The molecule has 0 atom stereocenters. The third-order valence-corrected chi connectivity index (χ3v) is 0. The molecule has 0 bridgehead atoms. The Labute approximate surface area is 123 Å². The van der Waals surface area contributed by atoms with E-state index in [-0.39, 0.29) is 0 Å². The van der Waals surface area contributed by atoms with Crippen molar-refractivity contribution in [1.29, 1.82) is 0 Å². The monoisotopic (exact) mass is 328 g/mol. The molecule has 0 aromatic carbocycles. The van der Waals surface area contributed by atoms with Gasteiger partial charge in [0, 0.05) is 0 Å². The predicted molar refractivity (Wildman–Crippen MR) is 86.8 cm³/mol. The van der Waals surface area contributed by atoms with Gasteiger partial charge in [0.2, 0.25) is 0 Å². The molecular formula is C12H33OSi3V-3. The molecular weight excluding hydrogens is 295 g/mol. The molecule has 0 rings (SSSR count). The van der Waals surface area contributed by atoms with E-state index < -0.39 is 24.2 Å². The van der Waals surface area contributed by atoms with Gasteiger partial charge in [-0.2, -0.15) is 0 Å². The van der Waals surface area contributed by atoms with Gasteiger partial charge in [0.15, 0.2) is 0 Å². The van der Waals surface area contributed by atoms with Crippen LogP contribution < -0.4 is 0 Å². The summed E-state index contributed by atoms with van der Waals surface area (Å²) in [5, 5.41) is 0. The minimum atomic E-state index is -0.861. The van der Waals surface area contributed by atoms with Crippen molar-refractivity contribution >= 4 is 24.2 Å². The summed E-state index contributed by atoms with van der Waals surface area (Å²) in [6.45, 7) is 31.7. The maximum absolute atomic E-state index is 8.19. The van der Waals surface area contributed by atoms with Gasteiger partial charge in [-0.05, 0) is 0 Å². The molecule has 0 aliphatic heterocycles.